The van der Waals surface area contributed by atoms with Crippen molar-refractivity contribution in [3.05, 3.63) is 67.3 Å². The van der Waals surface area contributed by atoms with Crippen molar-refractivity contribution in [2.75, 3.05) is 0 Å². The number of hydrogen-bond donors (Lipinski definition) is 0. The zero-order valence-corrected chi connectivity index (χ0v) is 17.2. The van der Waals surface area contributed by atoms with Crippen molar-refractivity contribution in [1.29, 1.82) is 0 Å². The lowest BCUT2D eigenvalue weighted by Gasteiger charge is -2.12. The molecule has 2 aromatic rings. The van der Waals surface area contributed by atoms with Gasteiger partial charge in [0.2, 0.25) is 0 Å². The Kier molecular flexibility index (Phi) is 7.92. The molecule has 0 radical (unpaired) electrons. The maximum Gasteiger partial charge on any atom is 0.430 e. The number of alkyl halides is 3. The lowest BCUT2D eigenvalue weighted by atomic mass is 10.2. The summed E-state index contributed by atoms with van der Waals surface area (Å²) in [6, 6.07) is 17.2. The van der Waals surface area contributed by atoms with Crippen LogP contribution >= 0.6 is 0 Å². The average Bonchev–Trinajstić information content (AvgIpc) is 3.01. The second-order valence-corrected chi connectivity index (χ2v) is 8.67. The van der Waals surface area contributed by atoms with E-state index in [0.29, 0.717) is 10.6 Å². The highest BCUT2D eigenvalue weighted by atomic mass is 127. The number of halogens is 4. The first-order valence-electron chi connectivity index (χ1n) is 8.24. The van der Waals surface area contributed by atoms with Crippen LogP contribution in [-0.4, -0.2) is 35.0 Å². The number of benzene rings is 2. The van der Waals surface area contributed by atoms with Gasteiger partial charge in [-0.1, -0.05) is 18.2 Å². The summed E-state index contributed by atoms with van der Waals surface area (Å²) < 4.78 is 34.0. The van der Waals surface area contributed by atoms with Gasteiger partial charge in [-0.2, -0.15) is 13.2 Å². The molecule has 11 heteroatoms. The van der Waals surface area contributed by atoms with Crippen LogP contribution in [0.15, 0.2) is 54.6 Å². The van der Waals surface area contributed by atoms with Gasteiger partial charge >= 0.3 is 33.4 Å². The number of carbonyl (C=O) groups is 4. The Morgan fingerprint density at radius 2 is 1.37 bits per heavy atom. The summed E-state index contributed by atoms with van der Waals surface area (Å²) in [5, 5.41) is 9.35. The molecule has 1 aliphatic heterocycles. The van der Waals surface area contributed by atoms with Crippen molar-refractivity contribution in [3.8, 4) is 0 Å². The molecule has 3 rings (SSSR count). The third kappa shape index (κ3) is 6.83. The van der Waals surface area contributed by atoms with Gasteiger partial charge in [-0.15, -0.1) is 5.06 Å². The molecule has 0 unspecified atom stereocenters. The number of amides is 2. The van der Waals surface area contributed by atoms with Crippen LogP contribution in [0.5, 0.6) is 0 Å². The first-order chi connectivity index (χ1) is 14.1. The predicted molar refractivity (Wildman–Crippen MR) is 87.8 cm³/mol. The maximum absolute atomic E-state index is 12.0. The molecule has 2 aromatic carbocycles. The van der Waals surface area contributed by atoms with E-state index in [1.165, 1.54) is 7.14 Å². The van der Waals surface area contributed by atoms with Crippen LogP contribution in [0.3, 0.4) is 0 Å². The lowest BCUT2D eigenvalue weighted by Crippen LogP contribution is -3.61. The van der Waals surface area contributed by atoms with Gasteiger partial charge in [-0.05, 0) is 36.4 Å². The number of carboxylic acids is 1. The molecule has 0 aliphatic carbocycles. The predicted octanol–water partition coefficient (Wildman–Crippen LogP) is -1.67. The summed E-state index contributed by atoms with van der Waals surface area (Å²) in [6.45, 7) is 0. The molecule has 158 valence electrons. The Hall–Kier alpha value is -2.96. The van der Waals surface area contributed by atoms with Crippen LogP contribution in [0.2, 0.25) is 0 Å². The molecule has 0 aromatic heterocycles. The number of imide groups is 1. The zero-order valence-electron chi connectivity index (χ0n) is 15.0. The lowest BCUT2D eigenvalue weighted by molar-refractivity contribution is -0.597. The standard InChI is InChI=1S/C17H13INO4.C2HF3O2/c20-15-10-11-16(21)19(15)23-17(22)12-6-8-14(9-7-12)18-13-4-2-1-3-5-13;3-2(4,5)1(6)7/h1-9H,10-11H2;(H,6,7)/q+1;/p-1. The highest BCUT2D eigenvalue weighted by Gasteiger charge is 2.33. The van der Waals surface area contributed by atoms with Crippen LogP contribution in [0.25, 0.3) is 0 Å². The number of carbonyl (C=O) groups excluding carboxylic acids is 4. The van der Waals surface area contributed by atoms with Crippen molar-refractivity contribution < 1.29 is 63.5 Å². The minimum absolute atomic E-state index is 0.0898. The fraction of sp³-hybridized carbons (Fsp3) is 0.158. The highest BCUT2D eigenvalue weighted by molar-refractivity contribution is 6.02. The largest absolute Gasteiger partial charge is 0.542 e. The van der Waals surface area contributed by atoms with Crippen molar-refractivity contribution in [2.24, 2.45) is 0 Å². The Morgan fingerprint density at radius 1 is 0.900 bits per heavy atom. The van der Waals surface area contributed by atoms with Gasteiger partial charge in [-0.25, -0.2) is 4.79 Å². The third-order valence-electron chi connectivity index (χ3n) is 3.44. The van der Waals surface area contributed by atoms with Crippen LogP contribution < -0.4 is 26.3 Å². The molecule has 1 saturated heterocycles. The number of carboxylic acid groups (broad SMARTS) is 1. The summed E-state index contributed by atoms with van der Waals surface area (Å²) in [6.07, 6.45) is -5.01. The van der Waals surface area contributed by atoms with E-state index < -0.39 is 29.9 Å². The summed E-state index contributed by atoms with van der Waals surface area (Å²) in [5.74, 6) is -4.66. The second-order valence-electron chi connectivity index (χ2n) is 5.64. The van der Waals surface area contributed by atoms with Crippen molar-refractivity contribution >= 4 is 23.8 Å². The van der Waals surface area contributed by atoms with E-state index in [4.69, 9.17) is 14.7 Å². The maximum atomic E-state index is 12.0. The van der Waals surface area contributed by atoms with Crippen LogP contribution in [0, 0.1) is 7.14 Å². The minimum atomic E-state index is -5.19. The molecule has 0 atom stereocenters. The van der Waals surface area contributed by atoms with Gasteiger partial charge in [-0.3, -0.25) is 9.59 Å². The summed E-state index contributed by atoms with van der Waals surface area (Å²) >= 11 is -0.303. The van der Waals surface area contributed by atoms with Gasteiger partial charge in [0.25, 0.3) is 11.8 Å². The number of hydrogen-bond acceptors (Lipinski definition) is 6. The molecule has 1 heterocycles. The molecule has 0 spiro atoms. The Balaban J connectivity index is 0.000000396. The van der Waals surface area contributed by atoms with Crippen LogP contribution in [-0.2, 0) is 19.2 Å². The smallest absolute Gasteiger partial charge is 0.430 e. The topological polar surface area (TPSA) is 104 Å². The quantitative estimate of drug-likeness (QED) is 0.343. The van der Waals surface area contributed by atoms with E-state index in [1.807, 2.05) is 30.3 Å². The monoisotopic (exact) mass is 535 g/mol. The number of rotatable bonds is 4. The average molecular weight is 535 g/mol. The summed E-state index contributed by atoms with van der Waals surface area (Å²) in [5.41, 5.74) is 0.318. The molecular weight excluding hydrogens is 522 g/mol. The van der Waals surface area contributed by atoms with Gasteiger partial charge < -0.3 is 14.7 Å². The highest BCUT2D eigenvalue weighted by Crippen LogP contribution is 2.14. The zero-order chi connectivity index (χ0) is 22.3. The molecule has 7 nitrogen and oxygen atoms in total. The first kappa shape index (κ1) is 23.3. The summed E-state index contributed by atoms with van der Waals surface area (Å²) in [7, 11) is 0. The van der Waals surface area contributed by atoms with Gasteiger partial charge in [0, 0.05) is 12.8 Å². The molecular formula is C19H13F3INO6. The molecule has 1 fully saturated rings. The van der Waals surface area contributed by atoms with E-state index in [9.17, 15) is 27.6 Å². The van der Waals surface area contributed by atoms with Gasteiger partial charge in [0.05, 0.1) is 5.56 Å². The molecule has 0 N–H and O–H groups in total. The van der Waals surface area contributed by atoms with E-state index in [2.05, 4.69) is 12.1 Å². The van der Waals surface area contributed by atoms with E-state index >= 15 is 0 Å². The number of nitrogens with zero attached hydrogens (tertiary/aromatic N) is 1. The van der Waals surface area contributed by atoms with E-state index in [0.717, 1.165) is 0 Å². The minimum Gasteiger partial charge on any atom is -0.542 e. The normalized spacial score (nSPS) is 13.5. The van der Waals surface area contributed by atoms with Crippen LogP contribution in [0.1, 0.15) is 23.2 Å². The number of aliphatic carboxylic acids is 1. The third-order valence-corrected chi connectivity index (χ3v) is 6.13. The fourth-order valence-electron chi connectivity index (χ4n) is 2.05. The second kappa shape index (κ2) is 10.2. The Morgan fingerprint density at radius 3 is 1.83 bits per heavy atom. The van der Waals surface area contributed by atoms with Crippen molar-refractivity contribution in [3.63, 3.8) is 0 Å². The molecule has 2 amide bonds. The number of hydroxylamine groups is 2. The van der Waals surface area contributed by atoms with E-state index in [-0.39, 0.29) is 34.0 Å². The Labute approximate surface area is 178 Å². The molecule has 0 bridgehead atoms. The summed E-state index contributed by atoms with van der Waals surface area (Å²) in [4.78, 5) is 48.6. The SMILES string of the molecule is O=C(ON1C(=O)CCC1=O)c1ccc([I+]c2ccccc2)cc1.O=C([O-])C(F)(F)F. The van der Waals surface area contributed by atoms with Crippen molar-refractivity contribution in [1.82, 2.24) is 5.06 Å². The fourth-order valence-corrected chi connectivity index (χ4v) is 4.26. The van der Waals surface area contributed by atoms with Crippen LogP contribution in [0.4, 0.5) is 13.2 Å². The Bertz CT molecular complexity index is 916. The molecule has 0 saturated carbocycles. The van der Waals surface area contributed by atoms with E-state index in [1.54, 1.807) is 12.1 Å². The van der Waals surface area contributed by atoms with Gasteiger partial charge in [0.15, 0.2) is 7.14 Å². The molecule has 1 aliphatic rings. The van der Waals surface area contributed by atoms with Crippen molar-refractivity contribution in [2.45, 2.75) is 19.0 Å². The first-order valence-corrected chi connectivity index (χ1v) is 10.4. The molecule has 30 heavy (non-hydrogen) atoms. The van der Waals surface area contributed by atoms with Gasteiger partial charge in [0.1, 0.15) is 5.97 Å².